The zero-order chi connectivity index (χ0) is 15.5. The Hall–Kier alpha value is -2.39. The van der Waals surface area contributed by atoms with Crippen molar-refractivity contribution in [3.8, 4) is 6.07 Å². The van der Waals surface area contributed by atoms with Crippen LogP contribution in [-0.2, 0) is 4.79 Å². The third kappa shape index (κ3) is 2.68. The first-order chi connectivity index (χ1) is 10.7. The van der Waals surface area contributed by atoms with Gasteiger partial charge in [0.1, 0.15) is 22.7 Å². The van der Waals surface area contributed by atoms with Crippen molar-refractivity contribution < 1.29 is 4.79 Å². The normalized spacial score (nSPS) is 17.3. The summed E-state index contributed by atoms with van der Waals surface area (Å²) < 4.78 is 4.14. The molecular weight excluding hydrogens is 296 g/mol. The van der Waals surface area contributed by atoms with Gasteiger partial charge in [-0.25, -0.2) is 0 Å². The summed E-state index contributed by atoms with van der Waals surface area (Å²) >= 11 is 1.16. The Labute approximate surface area is 133 Å². The van der Waals surface area contributed by atoms with Crippen molar-refractivity contribution in [1.29, 1.82) is 5.26 Å². The molecule has 1 atom stereocenters. The van der Waals surface area contributed by atoms with Crippen molar-refractivity contribution in [2.24, 2.45) is 0 Å². The second-order valence-corrected chi connectivity index (χ2v) is 6.03. The summed E-state index contributed by atoms with van der Waals surface area (Å²) in [5.74, 6) is -0.0681. The minimum Gasteiger partial charge on any atom is -0.360 e. The Bertz CT molecular complexity index is 719. The number of anilines is 2. The van der Waals surface area contributed by atoms with Gasteiger partial charge < -0.3 is 10.2 Å². The third-order valence-corrected chi connectivity index (χ3v) is 4.71. The maximum Gasteiger partial charge on any atom is 0.247 e. The number of carbonyl (C=O) groups excluding carboxylic acids is 1. The predicted molar refractivity (Wildman–Crippen MR) is 87.0 cm³/mol. The van der Waals surface area contributed by atoms with Crippen LogP contribution < -0.4 is 10.2 Å². The monoisotopic (exact) mass is 312 g/mol. The van der Waals surface area contributed by atoms with Crippen LogP contribution in [0.1, 0.15) is 24.1 Å². The molecule has 0 bridgehead atoms. The molecule has 2 heterocycles. The van der Waals surface area contributed by atoms with Crippen molar-refractivity contribution in [3.05, 3.63) is 41.6 Å². The highest BCUT2D eigenvalue weighted by Crippen LogP contribution is 2.28. The minimum atomic E-state index is -0.198. The lowest BCUT2D eigenvalue weighted by Crippen LogP contribution is -2.39. The van der Waals surface area contributed by atoms with Crippen LogP contribution in [0, 0.1) is 18.3 Å². The summed E-state index contributed by atoms with van der Waals surface area (Å²) in [4.78, 5) is 14.7. The number of aryl methyl sites for hydroxylation is 1. The molecule has 0 radical (unpaired) electrons. The number of amides is 1. The molecule has 0 spiro atoms. The van der Waals surface area contributed by atoms with Crippen LogP contribution in [0.25, 0.3) is 0 Å². The Morgan fingerprint density at radius 2 is 2.23 bits per heavy atom. The third-order valence-electron chi connectivity index (χ3n) is 3.85. The molecule has 1 aromatic heterocycles. The van der Waals surface area contributed by atoms with Gasteiger partial charge in [0.2, 0.25) is 5.91 Å². The van der Waals surface area contributed by atoms with Gasteiger partial charge in [-0.2, -0.15) is 9.64 Å². The number of para-hydroxylation sites is 1. The van der Waals surface area contributed by atoms with E-state index in [0.29, 0.717) is 16.3 Å². The van der Waals surface area contributed by atoms with E-state index < -0.39 is 0 Å². The average molecular weight is 312 g/mol. The van der Waals surface area contributed by atoms with Crippen molar-refractivity contribution >= 4 is 28.1 Å². The van der Waals surface area contributed by atoms with Crippen LogP contribution in [0.5, 0.6) is 0 Å². The fourth-order valence-electron chi connectivity index (χ4n) is 2.75. The Kier molecular flexibility index (Phi) is 4.07. The molecule has 5 nitrogen and oxygen atoms in total. The first-order valence-corrected chi connectivity index (χ1v) is 7.97. The highest BCUT2D eigenvalue weighted by atomic mass is 32.1. The van der Waals surface area contributed by atoms with E-state index in [4.69, 9.17) is 5.26 Å². The summed E-state index contributed by atoms with van der Waals surface area (Å²) in [6.45, 7) is 2.64. The first kappa shape index (κ1) is 14.5. The molecule has 1 aromatic carbocycles. The zero-order valence-electron chi connectivity index (χ0n) is 12.2. The molecule has 1 unspecified atom stereocenters. The fraction of sp³-hybridized carbons (Fsp3) is 0.312. The van der Waals surface area contributed by atoms with Crippen LogP contribution in [0.4, 0.5) is 10.7 Å². The van der Waals surface area contributed by atoms with Gasteiger partial charge in [-0.15, -0.1) is 0 Å². The number of nitrogens with zero attached hydrogens (tertiary/aromatic N) is 3. The number of hydrogen-bond donors (Lipinski definition) is 1. The molecule has 1 amide bonds. The lowest BCUT2D eigenvalue weighted by Gasteiger charge is -2.25. The smallest absolute Gasteiger partial charge is 0.247 e. The average Bonchev–Trinajstić information content (AvgIpc) is 3.15. The van der Waals surface area contributed by atoms with E-state index in [1.54, 1.807) is 6.92 Å². The van der Waals surface area contributed by atoms with Gasteiger partial charge in [-0.1, -0.05) is 18.2 Å². The molecule has 1 saturated heterocycles. The van der Waals surface area contributed by atoms with Gasteiger partial charge >= 0.3 is 0 Å². The van der Waals surface area contributed by atoms with Crippen molar-refractivity contribution in [1.82, 2.24) is 4.37 Å². The Balaban J connectivity index is 1.78. The van der Waals surface area contributed by atoms with E-state index in [1.807, 2.05) is 30.3 Å². The van der Waals surface area contributed by atoms with Gasteiger partial charge in [0.25, 0.3) is 0 Å². The van der Waals surface area contributed by atoms with Crippen molar-refractivity contribution in [2.45, 2.75) is 25.8 Å². The van der Waals surface area contributed by atoms with E-state index in [1.165, 1.54) is 0 Å². The summed E-state index contributed by atoms with van der Waals surface area (Å²) in [6.07, 6.45) is 1.81. The van der Waals surface area contributed by atoms with E-state index in [2.05, 4.69) is 20.7 Å². The number of benzene rings is 1. The van der Waals surface area contributed by atoms with E-state index in [0.717, 1.165) is 36.6 Å². The van der Waals surface area contributed by atoms with Gasteiger partial charge in [-0.05, 0) is 43.4 Å². The maximum absolute atomic E-state index is 12.6. The molecule has 6 heteroatoms. The van der Waals surface area contributed by atoms with Gasteiger partial charge in [0.15, 0.2) is 0 Å². The molecule has 112 valence electrons. The van der Waals surface area contributed by atoms with Crippen LogP contribution in [0.3, 0.4) is 0 Å². The molecule has 22 heavy (non-hydrogen) atoms. The van der Waals surface area contributed by atoms with Crippen LogP contribution in [0.2, 0.25) is 0 Å². The number of nitrogens with one attached hydrogen (secondary N) is 1. The first-order valence-electron chi connectivity index (χ1n) is 7.19. The Morgan fingerprint density at radius 3 is 2.95 bits per heavy atom. The second-order valence-electron chi connectivity index (χ2n) is 5.26. The summed E-state index contributed by atoms with van der Waals surface area (Å²) in [5, 5.41) is 12.6. The number of carbonyl (C=O) groups is 1. The standard InChI is InChI=1S/C16H16N4OS/c1-11-13(10-17)16(22-19-11)18-15(21)14-8-5-9-20(14)12-6-3-2-4-7-12/h2-4,6-7,14H,5,8-9H2,1H3,(H,18,21). The fourth-order valence-corrected chi connectivity index (χ4v) is 3.50. The number of nitriles is 1. The molecule has 0 aliphatic carbocycles. The summed E-state index contributed by atoms with van der Waals surface area (Å²) in [5.41, 5.74) is 2.18. The number of rotatable bonds is 3. The number of aromatic nitrogens is 1. The van der Waals surface area contributed by atoms with Crippen molar-refractivity contribution in [2.75, 3.05) is 16.8 Å². The molecule has 1 fully saturated rings. The van der Waals surface area contributed by atoms with Gasteiger partial charge in [-0.3, -0.25) is 4.79 Å². The lowest BCUT2D eigenvalue weighted by molar-refractivity contribution is -0.117. The van der Waals surface area contributed by atoms with E-state index >= 15 is 0 Å². The largest absolute Gasteiger partial charge is 0.360 e. The molecule has 2 aromatic rings. The van der Waals surface area contributed by atoms with E-state index in [-0.39, 0.29) is 11.9 Å². The predicted octanol–water partition coefficient (Wildman–Crippen LogP) is 2.93. The SMILES string of the molecule is Cc1nsc(NC(=O)C2CCCN2c2ccccc2)c1C#N. The summed E-state index contributed by atoms with van der Waals surface area (Å²) in [6, 6.07) is 11.9. The molecule has 1 aliphatic rings. The molecule has 1 N–H and O–H groups in total. The second kappa shape index (κ2) is 6.16. The molecule has 3 rings (SSSR count). The van der Waals surface area contributed by atoms with Gasteiger partial charge in [0, 0.05) is 12.2 Å². The van der Waals surface area contributed by atoms with Crippen LogP contribution in [0.15, 0.2) is 30.3 Å². The number of hydrogen-bond acceptors (Lipinski definition) is 5. The van der Waals surface area contributed by atoms with Crippen LogP contribution in [-0.4, -0.2) is 22.9 Å². The maximum atomic E-state index is 12.6. The highest BCUT2D eigenvalue weighted by Gasteiger charge is 2.31. The van der Waals surface area contributed by atoms with Crippen molar-refractivity contribution in [3.63, 3.8) is 0 Å². The van der Waals surface area contributed by atoms with E-state index in [9.17, 15) is 4.79 Å². The Morgan fingerprint density at radius 1 is 1.45 bits per heavy atom. The zero-order valence-corrected chi connectivity index (χ0v) is 13.1. The van der Waals surface area contributed by atoms with Crippen LogP contribution >= 0.6 is 11.5 Å². The molecule has 1 aliphatic heterocycles. The molecular formula is C16H16N4OS. The lowest BCUT2D eigenvalue weighted by atomic mass is 10.2. The highest BCUT2D eigenvalue weighted by molar-refractivity contribution is 7.10. The van der Waals surface area contributed by atoms with Gasteiger partial charge in [0.05, 0.1) is 5.69 Å². The summed E-state index contributed by atoms with van der Waals surface area (Å²) in [7, 11) is 0. The quantitative estimate of drug-likeness (QED) is 0.946. The topological polar surface area (TPSA) is 69.0 Å². The molecule has 0 saturated carbocycles. The minimum absolute atomic E-state index is 0.0681.